The molecule has 37 heavy (non-hydrogen) atoms. The van der Waals surface area contributed by atoms with E-state index in [0.29, 0.717) is 37.3 Å². The molecule has 4 aliphatic rings. The highest BCUT2D eigenvalue weighted by atomic mass is 35.5. The van der Waals surface area contributed by atoms with Gasteiger partial charge in [-0.05, 0) is 42.0 Å². The van der Waals surface area contributed by atoms with E-state index in [1.54, 1.807) is 13.0 Å². The van der Waals surface area contributed by atoms with E-state index < -0.39 is 21.6 Å². The number of likely N-dealkylation sites (tertiary alicyclic amines) is 1. The molecule has 3 aliphatic carbocycles. The number of benzene rings is 2. The molecule has 3 amide bonds. The largest absolute Gasteiger partial charge is 0.360 e. The topological polar surface area (TPSA) is 92.5 Å². The molecule has 190 valence electrons. The first-order valence-corrected chi connectivity index (χ1v) is 13.2. The molecule has 1 aliphatic heterocycles. The summed E-state index contributed by atoms with van der Waals surface area (Å²) in [7, 11) is 0. The summed E-state index contributed by atoms with van der Waals surface area (Å²) in [5.74, 6) is -1.27. The number of hydrogen-bond donors (Lipinski definition) is 1. The van der Waals surface area contributed by atoms with E-state index in [1.807, 2.05) is 48.5 Å². The Morgan fingerprint density at radius 2 is 1.43 bits per heavy atom. The van der Waals surface area contributed by atoms with Gasteiger partial charge >= 0.3 is 0 Å². The van der Waals surface area contributed by atoms with Gasteiger partial charge in [0.1, 0.15) is 15.5 Å². The van der Waals surface area contributed by atoms with E-state index >= 15 is 0 Å². The lowest BCUT2D eigenvalue weighted by Crippen LogP contribution is -2.57. The minimum absolute atomic E-state index is 0.159. The fraction of sp³-hybridized carbons (Fsp3) is 0.357. The summed E-state index contributed by atoms with van der Waals surface area (Å²) >= 11 is 14.8. The number of halogens is 2. The van der Waals surface area contributed by atoms with Gasteiger partial charge in [-0.25, -0.2) is 0 Å². The van der Waals surface area contributed by atoms with Gasteiger partial charge in [0.15, 0.2) is 5.82 Å². The van der Waals surface area contributed by atoms with Gasteiger partial charge in [-0.1, -0.05) is 60.1 Å². The Hall–Kier alpha value is -3.16. The molecule has 1 saturated heterocycles. The van der Waals surface area contributed by atoms with Crippen molar-refractivity contribution in [1.29, 1.82) is 0 Å². The Kier molecular flexibility index (Phi) is 5.69. The smallest absolute Gasteiger partial charge is 0.235 e. The SMILES string of the molecule is Cc1cc(NC(=O)CCCCCN2C(=O)[C@@H]3[C@H](C2=O)C2(Cl)c4ccccc4C3(Cl)c3ccccc32)no1. The van der Waals surface area contributed by atoms with Gasteiger partial charge in [0.05, 0.1) is 11.8 Å². The number of aromatic nitrogens is 1. The van der Waals surface area contributed by atoms with E-state index in [-0.39, 0.29) is 24.3 Å². The van der Waals surface area contributed by atoms with Gasteiger partial charge in [-0.3, -0.25) is 19.3 Å². The van der Waals surface area contributed by atoms with Crippen molar-refractivity contribution in [2.24, 2.45) is 11.8 Å². The number of imide groups is 1. The first-order valence-electron chi connectivity index (χ1n) is 12.4. The highest BCUT2D eigenvalue weighted by molar-refractivity contribution is 6.36. The van der Waals surface area contributed by atoms with Crippen LogP contribution in [0.3, 0.4) is 0 Å². The number of anilines is 1. The van der Waals surface area contributed by atoms with Crippen LogP contribution >= 0.6 is 23.2 Å². The summed E-state index contributed by atoms with van der Waals surface area (Å²) in [4.78, 5) is 38.7. The second-order valence-corrected chi connectivity index (χ2v) is 11.2. The van der Waals surface area contributed by atoms with Crippen molar-refractivity contribution in [3.05, 3.63) is 82.6 Å². The molecule has 7 nitrogen and oxygen atoms in total. The van der Waals surface area contributed by atoms with E-state index in [2.05, 4.69) is 10.5 Å². The van der Waals surface area contributed by atoms with Crippen molar-refractivity contribution in [2.75, 3.05) is 11.9 Å². The summed E-state index contributed by atoms with van der Waals surface area (Å²) in [6.07, 6.45) is 2.18. The van der Waals surface area contributed by atoms with Gasteiger partial charge in [0, 0.05) is 19.0 Å². The molecule has 9 heteroatoms. The number of hydrogen-bond acceptors (Lipinski definition) is 5. The minimum atomic E-state index is -1.16. The number of rotatable bonds is 7. The summed E-state index contributed by atoms with van der Waals surface area (Å²) in [5.41, 5.74) is 3.18. The number of nitrogens with zero attached hydrogens (tertiary/aromatic N) is 2. The number of carbonyl (C=O) groups is 3. The number of amides is 3. The Morgan fingerprint density at radius 1 is 0.919 bits per heavy atom. The lowest BCUT2D eigenvalue weighted by Gasteiger charge is -2.54. The molecule has 0 radical (unpaired) electrons. The molecular formula is C28H25Cl2N3O4. The highest BCUT2D eigenvalue weighted by Crippen LogP contribution is 2.69. The van der Waals surface area contributed by atoms with Gasteiger partial charge < -0.3 is 9.84 Å². The molecule has 3 aromatic rings. The molecular weight excluding hydrogens is 513 g/mol. The molecule has 1 N–H and O–H groups in total. The van der Waals surface area contributed by atoms with Gasteiger partial charge in [0.25, 0.3) is 0 Å². The van der Waals surface area contributed by atoms with E-state index in [0.717, 1.165) is 22.3 Å². The quantitative estimate of drug-likeness (QED) is 0.258. The van der Waals surface area contributed by atoms with Gasteiger partial charge in [-0.15, -0.1) is 23.2 Å². The number of unbranched alkanes of at least 4 members (excludes halogenated alkanes) is 2. The number of nitrogens with one attached hydrogen (secondary N) is 1. The average Bonchev–Trinajstić information content (AvgIpc) is 3.42. The first kappa shape index (κ1) is 24.2. The summed E-state index contributed by atoms with van der Waals surface area (Å²) in [6.45, 7) is 2.02. The highest BCUT2D eigenvalue weighted by Gasteiger charge is 2.72. The zero-order valence-electron chi connectivity index (χ0n) is 20.2. The molecule has 1 fully saturated rings. The zero-order valence-corrected chi connectivity index (χ0v) is 21.7. The standard InChI is InChI=1S/C28H25Cl2N3O4/c1-16-15-21(32-37-16)31-22(34)13-3-2-8-14-33-25(35)23-24(26(33)36)28(30)18-10-5-4-9-17(18)27(23,29)19-11-6-7-12-20(19)28/h4-7,9-12,15,23-24H,2-3,8,13-14H2,1H3,(H,31,32,34)/t23-,24+,27?,28?. The van der Waals surface area contributed by atoms with E-state index in [9.17, 15) is 14.4 Å². The zero-order chi connectivity index (χ0) is 25.9. The third kappa shape index (κ3) is 3.40. The predicted molar refractivity (Wildman–Crippen MR) is 138 cm³/mol. The normalized spacial score (nSPS) is 27.2. The van der Waals surface area contributed by atoms with Gasteiger partial charge in [-0.2, -0.15) is 0 Å². The van der Waals surface area contributed by atoms with Crippen LogP contribution in [0.1, 0.15) is 53.7 Å². The Labute approximate surface area is 224 Å². The molecule has 0 spiro atoms. The van der Waals surface area contributed by atoms with E-state index in [4.69, 9.17) is 27.7 Å². The maximum atomic E-state index is 13.8. The van der Waals surface area contributed by atoms with Crippen LogP contribution in [-0.2, 0) is 24.1 Å². The molecule has 1 aromatic heterocycles. The van der Waals surface area contributed by atoms with Crippen LogP contribution in [0, 0.1) is 18.8 Å². The van der Waals surface area contributed by atoms with Crippen LogP contribution in [0.4, 0.5) is 5.82 Å². The second kappa shape index (κ2) is 8.71. The monoisotopic (exact) mass is 537 g/mol. The number of alkyl halides is 2. The van der Waals surface area contributed by atoms with Crippen LogP contribution < -0.4 is 5.32 Å². The molecule has 2 bridgehead atoms. The summed E-state index contributed by atoms with van der Waals surface area (Å²) < 4.78 is 4.95. The van der Waals surface area contributed by atoms with Crippen LogP contribution in [0.15, 0.2) is 59.1 Å². The number of carbonyl (C=O) groups excluding carboxylic acids is 3. The van der Waals surface area contributed by atoms with Crippen LogP contribution in [0.2, 0.25) is 0 Å². The second-order valence-electron chi connectivity index (χ2n) is 9.98. The molecule has 0 saturated carbocycles. The average molecular weight is 538 g/mol. The Morgan fingerprint density at radius 3 is 1.89 bits per heavy atom. The lowest BCUT2D eigenvalue weighted by molar-refractivity contribution is -0.140. The fourth-order valence-corrected chi connectivity index (χ4v) is 7.41. The van der Waals surface area contributed by atoms with Crippen LogP contribution in [0.5, 0.6) is 0 Å². The van der Waals surface area contributed by atoms with Crippen molar-refractivity contribution in [3.8, 4) is 0 Å². The predicted octanol–water partition coefficient (Wildman–Crippen LogP) is 5.08. The number of aryl methyl sites for hydroxylation is 1. The maximum absolute atomic E-state index is 13.8. The third-order valence-electron chi connectivity index (χ3n) is 7.86. The molecule has 2 aromatic carbocycles. The fourth-order valence-electron chi connectivity index (χ4n) is 6.31. The van der Waals surface area contributed by atoms with Crippen molar-refractivity contribution < 1.29 is 18.9 Å². The lowest BCUT2D eigenvalue weighted by atomic mass is 9.54. The first-order chi connectivity index (χ1) is 17.8. The van der Waals surface area contributed by atoms with Crippen molar-refractivity contribution >= 4 is 46.7 Å². The molecule has 2 heterocycles. The van der Waals surface area contributed by atoms with E-state index in [1.165, 1.54) is 4.90 Å². The molecule has 7 rings (SSSR count). The third-order valence-corrected chi connectivity index (χ3v) is 9.14. The Bertz CT molecular complexity index is 1310. The Balaban J connectivity index is 1.18. The van der Waals surface area contributed by atoms with Crippen molar-refractivity contribution in [2.45, 2.75) is 42.4 Å². The summed E-state index contributed by atoms with van der Waals surface area (Å²) in [5, 5.41) is 6.45. The summed E-state index contributed by atoms with van der Waals surface area (Å²) in [6, 6.07) is 16.9. The minimum Gasteiger partial charge on any atom is -0.360 e. The van der Waals surface area contributed by atoms with Crippen molar-refractivity contribution in [3.63, 3.8) is 0 Å². The van der Waals surface area contributed by atoms with Crippen LogP contribution in [-0.4, -0.2) is 34.3 Å². The molecule has 0 unspecified atom stereocenters. The van der Waals surface area contributed by atoms with Crippen LogP contribution in [0.25, 0.3) is 0 Å². The maximum Gasteiger partial charge on any atom is 0.235 e. The van der Waals surface area contributed by atoms with Gasteiger partial charge in [0.2, 0.25) is 17.7 Å². The molecule has 2 atom stereocenters. The van der Waals surface area contributed by atoms with Crippen molar-refractivity contribution in [1.82, 2.24) is 10.1 Å².